The number of nitrogens with two attached hydrogens (primary N) is 1. The number of amides is 3. The third-order valence-corrected chi connectivity index (χ3v) is 5.43. The van der Waals surface area contributed by atoms with Gasteiger partial charge in [-0.25, -0.2) is 14.8 Å². The van der Waals surface area contributed by atoms with Gasteiger partial charge in [0.2, 0.25) is 11.8 Å². The first-order chi connectivity index (χ1) is 16.9. The Bertz CT molecular complexity index is 1230. The number of nitrogens with one attached hydrogen (secondary N) is 2. The molecule has 3 rings (SSSR count). The maximum absolute atomic E-state index is 13.1. The van der Waals surface area contributed by atoms with E-state index < -0.39 is 23.7 Å². The van der Waals surface area contributed by atoms with Crippen LogP contribution in [0.2, 0.25) is 0 Å². The number of carbonyl (C=O) groups excluding carboxylic acids is 2. The van der Waals surface area contributed by atoms with E-state index in [2.05, 4.69) is 20.6 Å². The normalized spacial score (nSPS) is 12.2. The van der Waals surface area contributed by atoms with Crippen molar-refractivity contribution in [2.75, 3.05) is 10.6 Å². The Morgan fingerprint density at radius 1 is 1.00 bits per heavy atom. The Morgan fingerprint density at radius 3 is 2.25 bits per heavy atom. The maximum Gasteiger partial charge on any atom is 0.416 e. The maximum atomic E-state index is 13.1. The van der Waals surface area contributed by atoms with Gasteiger partial charge in [-0.05, 0) is 54.8 Å². The molecule has 11 heteroatoms. The predicted octanol–water partition coefficient (Wildman–Crippen LogP) is 5.54. The summed E-state index contributed by atoms with van der Waals surface area (Å²) in [7, 11) is 0. The molecular weight excluding hydrogens is 475 g/mol. The Morgan fingerprint density at radius 2 is 1.64 bits per heavy atom. The van der Waals surface area contributed by atoms with Crippen molar-refractivity contribution in [1.29, 1.82) is 0 Å². The average molecular weight is 502 g/mol. The van der Waals surface area contributed by atoms with Crippen molar-refractivity contribution in [2.45, 2.75) is 33.4 Å². The van der Waals surface area contributed by atoms with Crippen LogP contribution in [0.3, 0.4) is 0 Å². The number of carbonyl (C=O) groups is 2. The summed E-state index contributed by atoms with van der Waals surface area (Å²) in [5.41, 5.74) is 5.74. The minimum atomic E-state index is -4.52. The number of rotatable bonds is 8. The third kappa shape index (κ3) is 7.17. The van der Waals surface area contributed by atoms with E-state index in [4.69, 9.17) is 10.5 Å². The van der Waals surface area contributed by atoms with Gasteiger partial charge in [0.15, 0.2) is 0 Å². The lowest BCUT2D eigenvalue weighted by atomic mass is 9.90. The highest BCUT2D eigenvalue weighted by molar-refractivity contribution is 5.99. The van der Waals surface area contributed by atoms with Crippen LogP contribution in [0, 0.1) is 18.8 Å². The van der Waals surface area contributed by atoms with Gasteiger partial charge in [-0.1, -0.05) is 19.9 Å². The van der Waals surface area contributed by atoms with Crippen LogP contribution in [0.4, 0.5) is 29.3 Å². The molecule has 0 aliphatic rings. The smallest absolute Gasteiger partial charge is 0.416 e. The zero-order valence-corrected chi connectivity index (χ0v) is 19.9. The van der Waals surface area contributed by atoms with E-state index in [9.17, 15) is 22.8 Å². The topological polar surface area (TPSA) is 119 Å². The molecule has 36 heavy (non-hydrogen) atoms. The Labute approximate surface area is 206 Å². The number of alkyl halides is 3. The molecule has 3 amide bonds. The van der Waals surface area contributed by atoms with Gasteiger partial charge in [-0.15, -0.1) is 0 Å². The zero-order valence-electron chi connectivity index (χ0n) is 19.9. The molecule has 0 saturated heterocycles. The molecule has 0 aliphatic carbocycles. The number of benzene rings is 2. The lowest BCUT2D eigenvalue weighted by molar-refractivity contribution is -0.138. The number of hydrogen-bond donors (Lipinski definition) is 3. The number of primary amides is 1. The first kappa shape index (κ1) is 26.5. The van der Waals surface area contributed by atoms with Crippen LogP contribution in [0.15, 0.2) is 54.9 Å². The molecule has 4 N–H and O–H groups in total. The lowest BCUT2D eigenvalue weighted by Crippen LogP contribution is -2.29. The van der Waals surface area contributed by atoms with Crippen molar-refractivity contribution in [3.8, 4) is 11.6 Å². The number of nitrogens with zero attached hydrogens (tertiary/aromatic N) is 2. The molecular formula is C25H26F3N5O3. The van der Waals surface area contributed by atoms with Crippen molar-refractivity contribution in [3.63, 3.8) is 0 Å². The Hall–Kier alpha value is -4.15. The molecule has 0 spiro atoms. The van der Waals surface area contributed by atoms with E-state index in [0.717, 1.165) is 6.07 Å². The lowest BCUT2D eigenvalue weighted by Gasteiger charge is -2.16. The number of anilines is 2. The molecule has 190 valence electrons. The van der Waals surface area contributed by atoms with Gasteiger partial charge < -0.3 is 21.1 Å². The van der Waals surface area contributed by atoms with Crippen molar-refractivity contribution in [2.24, 2.45) is 17.6 Å². The van der Waals surface area contributed by atoms with Gasteiger partial charge in [0.25, 0.3) is 0 Å². The van der Waals surface area contributed by atoms with Gasteiger partial charge in [0.1, 0.15) is 12.1 Å². The number of ether oxygens (including phenoxy) is 1. The van der Waals surface area contributed by atoms with Gasteiger partial charge >= 0.3 is 12.2 Å². The second-order valence-corrected chi connectivity index (χ2v) is 8.54. The fraction of sp³-hybridized carbons (Fsp3) is 0.280. The Balaban J connectivity index is 1.61. The standard InChI is InChI=1S/C25H26F3N5O3/c1-14(2)20(23(29)34)10-18-12-22(31-13-30-18)36-19-8-6-16(7-9-19)32-24(35)33-17-5-4-15(3)21(11-17)25(26,27)28/h4-9,11-14,20H,10H2,1-3H3,(H2,29,34)(H2,32,33,35)/t20-/m0/s1. The summed E-state index contributed by atoms with van der Waals surface area (Å²) >= 11 is 0. The Kier molecular flexibility index (Phi) is 8.13. The second-order valence-electron chi connectivity index (χ2n) is 8.54. The van der Waals surface area contributed by atoms with Crippen LogP contribution >= 0.6 is 0 Å². The van der Waals surface area contributed by atoms with E-state index in [-0.39, 0.29) is 29.0 Å². The highest BCUT2D eigenvalue weighted by atomic mass is 19.4. The van der Waals surface area contributed by atoms with Crippen molar-refractivity contribution >= 4 is 23.3 Å². The van der Waals surface area contributed by atoms with E-state index in [0.29, 0.717) is 23.6 Å². The first-order valence-corrected chi connectivity index (χ1v) is 11.1. The largest absolute Gasteiger partial charge is 0.439 e. The molecule has 1 aromatic heterocycles. The quantitative estimate of drug-likeness (QED) is 0.374. The minimum Gasteiger partial charge on any atom is -0.439 e. The molecule has 1 heterocycles. The number of hydrogen-bond acceptors (Lipinski definition) is 5. The molecule has 0 unspecified atom stereocenters. The van der Waals surface area contributed by atoms with Gasteiger partial charge in [-0.3, -0.25) is 4.79 Å². The monoisotopic (exact) mass is 501 g/mol. The summed E-state index contributed by atoms with van der Waals surface area (Å²) in [4.78, 5) is 32.2. The average Bonchev–Trinajstić information content (AvgIpc) is 2.79. The summed E-state index contributed by atoms with van der Waals surface area (Å²) in [5.74, 6) is -0.0260. The van der Waals surface area contributed by atoms with Crippen molar-refractivity contribution < 1.29 is 27.5 Å². The number of halogens is 3. The fourth-order valence-corrected chi connectivity index (χ4v) is 3.46. The van der Waals surface area contributed by atoms with Crippen molar-refractivity contribution in [1.82, 2.24) is 9.97 Å². The number of urea groups is 1. The van der Waals surface area contributed by atoms with Gasteiger partial charge in [0.05, 0.1) is 5.56 Å². The second kappa shape index (κ2) is 11.1. The molecule has 8 nitrogen and oxygen atoms in total. The van der Waals surface area contributed by atoms with Crippen molar-refractivity contribution in [3.05, 3.63) is 71.7 Å². The van der Waals surface area contributed by atoms with Gasteiger partial charge in [0, 0.05) is 35.5 Å². The summed E-state index contributed by atoms with van der Waals surface area (Å²) in [6, 6.07) is 10.8. The van der Waals surface area contributed by atoms with E-state index >= 15 is 0 Å². The molecule has 3 aromatic rings. The van der Waals surface area contributed by atoms with Crippen LogP contribution < -0.4 is 21.1 Å². The molecule has 0 bridgehead atoms. The number of aromatic nitrogens is 2. The first-order valence-electron chi connectivity index (χ1n) is 11.1. The molecule has 0 fully saturated rings. The third-order valence-electron chi connectivity index (χ3n) is 5.43. The molecule has 0 aliphatic heterocycles. The van der Waals surface area contributed by atoms with Crippen LogP contribution in [0.5, 0.6) is 11.6 Å². The fourth-order valence-electron chi connectivity index (χ4n) is 3.46. The van der Waals surface area contributed by atoms with Crippen LogP contribution in [-0.4, -0.2) is 21.9 Å². The zero-order chi connectivity index (χ0) is 26.5. The van der Waals surface area contributed by atoms with Gasteiger partial charge in [-0.2, -0.15) is 13.2 Å². The molecule has 0 saturated carbocycles. The van der Waals surface area contributed by atoms with Crippen LogP contribution in [0.1, 0.15) is 30.7 Å². The minimum absolute atomic E-state index is 0.0148. The molecule has 1 atom stereocenters. The van der Waals surface area contributed by atoms with E-state index in [1.165, 1.54) is 25.4 Å². The molecule has 2 aromatic carbocycles. The van der Waals surface area contributed by atoms with E-state index in [1.54, 1.807) is 30.3 Å². The highest BCUT2D eigenvalue weighted by Gasteiger charge is 2.32. The summed E-state index contributed by atoms with van der Waals surface area (Å²) < 4.78 is 45.0. The van der Waals surface area contributed by atoms with Crippen LogP contribution in [-0.2, 0) is 17.4 Å². The predicted molar refractivity (Wildman–Crippen MR) is 129 cm³/mol. The summed E-state index contributed by atoms with van der Waals surface area (Å²) in [5, 5.41) is 4.94. The summed E-state index contributed by atoms with van der Waals surface area (Å²) in [6.45, 7) is 5.16. The van der Waals surface area contributed by atoms with E-state index in [1.807, 2.05) is 13.8 Å². The van der Waals surface area contributed by atoms with Crippen LogP contribution in [0.25, 0.3) is 0 Å². The summed E-state index contributed by atoms with van der Waals surface area (Å²) in [6.07, 6.45) is -2.83. The number of aryl methyl sites for hydroxylation is 1. The highest BCUT2D eigenvalue weighted by Crippen LogP contribution is 2.33. The SMILES string of the molecule is Cc1ccc(NC(=O)Nc2ccc(Oc3cc(C[C@H](C(N)=O)C(C)C)ncn3)cc2)cc1C(F)(F)F. The molecule has 0 radical (unpaired) electrons.